The van der Waals surface area contributed by atoms with E-state index in [4.69, 9.17) is 5.73 Å². The van der Waals surface area contributed by atoms with E-state index in [1.807, 2.05) is 0 Å². The zero-order valence-corrected chi connectivity index (χ0v) is 13.0. The summed E-state index contributed by atoms with van der Waals surface area (Å²) in [5.41, 5.74) is 7.61. The number of likely N-dealkylation sites (N-methyl/N-ethyl adjacent to an activating group) is 1. The predicted molar refractivity (Wildman–Crippen MR) is 84.3 cm³/mol. The maximum Gasteiger partial charge on any atom is 0.0366 e. The Kier molecular flexibility index (Phi) is 6.53. The van der Waals surface area contributed by atoms with E-state index < -0.39 is 0 Å². The minimum atomic E-state index is 0.0881. The largest absolute Gasteiger partial charge is 0.329 e. The average Bonchev–Trinajstić information content (AvgIpc) is 2.45. The third kappa shape index (κ3) is 4.32. The molecule has 0 saturated carbocycles. The van der Waals surface area contributed by atoms with Gasteiger partial charge < -0.3 is 5.73 Å². The summed E-state index contributed by atoms with van der Waals surface area (Å²) in [6.45, 7) is 8.66. The van der Waals surface area contributed by atoms with Gasteiger partial charge >= 0.3 is 0 Å². The summed E-state index contributed by atoms with van der Waals surface area (Å²) in [5, 5.41) is 0. The normalized spacial score (nSPS) is 16.3. The van der Waals surface area contributed by atoms with Gasteiger partial charge in [-0.25, -0.2) is 0 Å². The molecule has 108 valence electrons. The summed E-state index contributed by atoms with van der Waals surface area (Å²) in [6.07, 6.45) is 3.35. The number of hydrogen-bond donors (Lipinski definition) is 1. The molecule has 19 heavy (non-hydrogen) atoms. The van der Waals surface area contributed by atoms with Crippen molar-refractivity contribution in [3.63, 3.8) is 0 Å². The first kappa shape index (κ1) is 16.2. The van der Waals surface area contributed by atoms with Crippen molar-refractivity contribution in [1.82, 2.24) is 4.90 Å². The Morgan fingerprint density at radius 2 is 1.84 bits per heavy atom. The van der Waals surface area contributed by atoms with Crippen molar-refractivity contribution in [1.29, 1.82) is 0 Å². The second-order valence-corrected chi connectivity index (χ2v) is 5.84. The smallest absolute Gasteiger partial charge is 0.0366 e. The van der Waals surface area contributed by atoms with Crippen LogP contribution in [0.25, 0.3) is 0 Å². The van der Waals surface area contributed by atoms with Crippen molar-refractivity contribution in [3.05, 3.63) is 35.9 Å². The van der Waals surface area contributed by atoms with Crippen LogP contribution in [0, 0.1) is 5.92 Å². The topological polar surface area (TPSA) is 29.3 Å². The first-order chi connectivity index (χ1) is 9.07. The van der Waals surface area contributed by atoms with E-state index in [9.17, 15) is 0 Å². The molecule has 0 radical (unpaired) electrons. The van der Waals surface area contributed by atoms with E-state index in [2.05, 4.69) is 63.1 Å². The van der Waals surface area contributed by atoms with Crippen molar-refractivity contribution in [2.45, 2.75) is 45.6 Å². The SMILES string of the molecule is CCC(C)CN(C)C(CC)(CN)Cc1ccccc1. The molecule has 2 unspecified atom stereocenters. The minimum Gasteiger partial charge on any atom is -0.329 e. The van der Waals surface area contributed by atoms with E-state index in [1.54, 1.807) is 0 Å². The quantitative estimate of drug-likeness (QED) is 0.779. The van der Waals surface area contributed by atoms with E-state index in [1.165, 1.54) is 12.0 Å². The summed E-state index contributed by atoms with van der Waals surface area (Å²) in [5.74, 6) is 0.721. The van der Waals surface area contributed by atoms with Crippen molar-refractivity contribution in [2.24, 2.45) is 11.7 Å². The molecule has 0 amide bonds. The van der Waals surface area contributed by atoms with E-state index in [0.29, 0.717) is 6.54 Å². The van der Waals surface area contributed by atoms with Gasteiger partial charge in [-0.1, -0.05) is 57.5 Å². The van der Waals surface area contributed by atoms with E-state index >= 15 is 0 Å². The molecule has 2 N–H and O–H groups in total. The first-order valence-electron chi connectivity index (χ1n) is 7.53. The van der Waals surface area contributed by atoms with Gasteiger partial charge in [0, 0.05) is 18.6 Å². The highest BCUT2D eigenvalue weighted by molar-refractivity contribution is 5.18. The lowest BCUT2D eigenvalue weighted by molar-refractivity contribution is 0.102. The van der Waals surface area contributed by atoms with Gasteiger partial charge in [0.05, 0.1) is 0 Å². The third-order valence-electron chi connectivity index (χ3n) is 4.51. The molecule has 2 heteroatoms. The summed E-state index contributed by atoms with van der Waals surface area (Å²) in [6, 6.07) is 10.7. The molecule has 0 spiro atoms. The van der Waals surface area contributed by atoms with Crippen LogP contribution in [0.2, 0.25) is 0 Å². The Bertz CT molecular complexity index is 344. The molecule has 0 fully saturated rings. The highest BCUT2D eigenvalue weighted by Gasteiger charge is 2.31. The number of benzene rings is 1. The predicted octanol–water partition coefficient (Wildman–Crippen LogP) is 3.31. The third-order valence-corrected chi connectivity index (χ3v) is 4.51. The molecular formula is C17H30N2. The Hall–Kier alpha value is -0.860. The number of nitrogens with two attached hydrogens (primary N) is 1. The van der Waals surface area contributed by atoms with Gasteiger partial charge in [-0.15, -0.1) is 0 Å². The summed E-state index contributed by atoms with van der Waals surface area (Å²) in [7, 11) is 2.23. The van der Waals surface area contributed by atoms with E-state index in [0.717, 1.165) is 25.3 Å². The van der Waals surface area contributed by atoms with Gasteiger partial charge in [0.15, 0.2) is 0 Å². The van der Waals surface area contributed by atoms with Crippen LogP contribution in [0.4, 0.5) is 0 Å². The van der Waals surface area contributed by atoms with Gasteiger partial charge in [0.2, 0.25) is 0 Å². The fourth-order valence-corrected chi connectivity index (χ4v) is 2.67. The van der Waals surface area contributed by atoms with Crippen LogP contribution in [0.5, 0.6) is 0 Å². The highest BCUT2D eigenvalue weighted by atomic mass is 15.2. The van der Waals surface area contributed by atoms with Gasteiger partial charge in [0.1, 0.15) is 0 Å². The monoisotopic (exact) mass is 262 g/mol. The second-order valence-electron chi connectivity index (χ2n) is 5.84. The standard InChI is InChI=1S/C17H30N2/c1-5-15(3)13-19(4)17(6-2,14-18)12-16-10-8-7-9-11-16/h7-11,15H,5-6,12-14,18H2,1-4H3. The van der Waals surface area contributed by atoms with E-state index in [-0.39, 0.29) is 5.54 Å². The van der Waals surface area contributed by atoms with Crippen LogP contribution >= 0.6 is 0 Å². The van der Waals surface area contributed by atoms with Crippen molar-refractivity contribution >= 4 is 0 Å². The summed E-state index contributed by atoms with van der Waals surface area (Å²) in [4.78, 5) is 2.48. The Morgan fingerprint density at radius 3 is 2.32 bits per heavy atom. The lowest BCUT2D eigenvalue weighted by Gasteiger charge is -2.42. The Morgan fingerprint density at radius 1 is 1.21 bits per heavy atom. The molecule has 0 aliphatic carbocycles. The maximum atomic E-state index is 6.14. The van der Waals surface area contributed by atoms with Crippen LogP contribution < -0.4 is 5.73 Å². The highest BCUT2D eigenvalue weighted by Crippen LogP contribution is 2.24. The lowest BCUT2D eigenvalue weighted by Crippen LogP contribution is -2.54. The van der Waals surface area contributed by atoms with Crippen LogP contribution in [0.1, 0.15) is 39.2 Å². The Labute approximate surface area is 119 Å². The summed E-state index contributed by atoms with van der Waals surface area (Å²) >= 11 is 0. The van der Waals surface area contributed by atoms with Gasteiger partial charge in [-0.3, -0.25) is 4.90 Å². The van der Waals surface area contributed by atoms with Crippen molar-refractivity contribution < 1.29 is 0 Å². The van der Waals surface area contributed by atoms with Crippen molar-refractivity contribution in [3.8, 4) is 0 Å². The molecule has 0 bridgehead atoms. The molecule has 1 rings (SSSR count). The summed E-state index contributed by atoms with van der Waals surface area (Å²) < 4.78 is 0. The van der Waals surface area contributed by atoms with Crippen LogP contribution in [-0.4, -0.2) is 30.6 Å². The van der Waals surface area contributed by atoms with Crippen LogP contribution in [0.3, 0.4) is 0 Å². The maximum absolute atomic E-state index is 6.14. The molecule has 0 heterocycles. The Balaban J connectivity index is 2.83. The minimum absolute atomic E-state index is 0.0881. The number of nitrogens with zero attached hydrogens (tertiary/aromatic N) is 1. The zero-order valence-electron chi connectivity index (χ0n) is 13.0. The van der Waals surface area contributed by atoms with Gasteiger partial charge in [-0.05, 0) is 31.4 Å². The fourth-order valence-electron chi connectivity index (χ4n) is 2.67. The van der Waals surface area contributed by atoms with Crippen molar-refractivity contribution in [2.75, 3.05) is 20.1 Å². The van der Waals surface area contributed by atoms with Crippen LogP contribution in [0.15, 0.2) is 30.3 Å². The molecule has 1 aromatic rings. The average molecular weight is 262 g/mol. The molecule has 0 aromatic heterocycles. The number of hydrogen-bond acceptors (Lipinski definition) is 2. The lowest BCUT2D eigenvalue weighted by atomic mass is 9.86. The molecule has 0 saturated heterocycles. The van der Waals surface area contributed by atoms with Gasteiger partial charge in [0.25, 0.3) is 0 Å². The van der Waals surface area contributed by atoms with Crippen LogP contribution in [-0.2, 0) is 6.42 Å². The van der Waals surface area contributed by atoms with Gasteiger partial charge in [-0.2, -0.15) is 0 Å². The molecule has 0 aliphatic heterocycles. The molecule has 0 aliphatic rings. The first-order valence-corrected chi connectivity index (χ1v) is 7.53. The molecule has 1 aromatic carbocycles. The molecule has 2 atom stereocenters. The molecular weight excluding hydrogens is 232 g/mol. The second kappa shape index (κ2) is 7.66. The zero-order chi connectivity index (χ0) is 14.3. The fraction of sp³-hybridized carbons (Fsp3) is 0.647. The number of rotatable bonds is 8. The molecule has 2 nitrogen and oxygen atoms in total.